The fraction of sp³-hybridized carbons (Fsp3) is 0.158. The average Bonchev–Trinajstić information content (AvgIpc) is 3.36. The smallest absolute Gasteiger partial charge is 0.207 e. The lowest BCUT2D eigenvalue weighted by Gasteiger charge is -2.09. The van der Waals surface area contributed by atoms with Crippen molar-refractivity contribution in [1.29, 1.82) is 0 Å². The highest BCUT2D eigenvalue weighted by Crippen LogP contribution is 2.42. The Balaban J connectivity index is 1.70. The van der Waals surface area contributed by atoms with Gasteiger partial charge in [-0.1, -0.05) is 60.2 Å². The van der Waals surface area contributed by atoms with Gasteiger partial charge in [-0.15, -0.1) is 0 Å². The Kier molecular flexibility index (Phi) is 3.25. The lowest BCUT2D eigenvalue weighted by Crippen LogP contribution is -2.12. The van der Waals surface area contributed by atoms with E-state index in [1.165, 1.54) is 0 Å². The predicted octanol–water partition coefficient (Wildman–Crippen LogP) is 3.89. The molecule has 3 aromatic carbocycles. The molecule has 1 aliphatic heterocycles. The quantitative estimate of drug-likeness (QED) is 0.686. The van der Waals surface area contributed by atoms with E-state index in [0.717, 1.165) is 21.9 Å². The normalized spacial score (nSPS) is 20.6. The second-order valence-electron chi connectivity index (χ2n) is 5.97. The third-order valence-electron chi connectivity index (χ3n) is 4.38. The molecule has 0 aromatic heterocycles. The molecule has 116 valence electrons. The summed E-state index contributed by atoms with van der Waals surface area (Å²) in [5.74, 6) is 0. The Morgan fingerprint density at radius 1 is 0.913 bits per heavy atom. The standard InChI is InChI=1S/C19H17NO2S/c1-14-9-11-16(12-10-14)23(21,22)20-13-19(20)18-8-4-6-15-5-2-3-7-17(15)18/h2-12,19H,13H2,1H3. The highest BCUT2D eigenvalue weighted by molar-refractivity contribution is 7.89. The summed E-state index contributed by atoms with van der Waals surface area (Å²) in [7, 11) is -3.42. The molecule has 4 rings (SSSR count). The van der Waals surface area contributed by atoms with Gasteiger partial charge in [0.25, 0.3) is 0 Å². The van der Waals surface area contributed by atoms with E-state index in [9.17, 15) is 8.42 Å². The molecule has 2 unspecified atom stereocenters. The van der Waals surface area contributed by atoms with E-state index in [2.05, 4.69) is 18.2 Å². The molecule has 1 aliphatic rings. The van der Waals surface area contributed by atoms with E-state index in [1.54, 1.807) is 16.4 Å². The van der Waals surface area contributed by atoms with Crippen LogP contribution in [-0.4, -0.2) is 19.3 Å². The van der Waals surface area contributed by atoms with Crippen LogP contribution in [0.5, 0.6) is 0 Å². The molecule has 0 bridgehead atoms. The van der Waals surface area contributed by atoms with Crippen molar-refractivity contribution in [1.82, 2.24) is 4.31 Å². The third kappa shape index (κ3) is 2.44. The first-order chi connectivity index (χ1) is 11.1. The number of hydrogen-bond donors (Lipinski definition) is 0. The summed E-state index contributed by atoms with van der Waals surface area (Å²) in [5, 5.41) is 2.27. The first-order valence-electron chi connectivity index (χ1n) is 7.63. The van der Waals surface area contributed by atoms with Crippen LogP contribution in [0, 0.1) is 6.92 Å². The fourth-order valence-electron chi connectivity index (χ4n) is 3.03. The zero-order valence-corrected chi connectivity index (χ0v) is 13.6. The maximum atomic E-state index is 12.8. The van der Waals surface area contributed by atoms with Gasteiger partial charge < -0.3 is 0 Å². The third-order valence-corrected chi connectivity index (χ3v) is 6.27. The van der Waals surface area contributed by atoms with E-state index in [-0.39, 0.29) is 6.04 Å². The predicted molar refractivity (Wildman–Crippen MR) is 91.8 cm³/mol. The fourth-order valence-corrected chi connectivity index (χ4v) is 4.57. The van der Waals surface area contributed by atoms with Gasteiger partial charge in [0.15, 0.2) is 0 Å². The number of benzene rings is 3. The molecule has 3 aromatic rings. The molecule has 23 heavy (non-hydrogen) atoms. The van der Waals surface area contributed by atoms with Crippen molar-refractivity contribution in [2.24, 2.45) is 0 Å². The minimum Gasteiger partial charge on any atom is -0.207 e. The van der Waals surface area contributed by atoms with Crippen LogP contribution in [0.4, 0.5) is 0 Å². The summed E-state index contributed by atoms with van der Waals surface area (Å²) in [6, 6.07) is 21.2. The van der Waals surface area contributed by atoms with Gasteiger partial charge in [-0.05, 0) is 35.4 Å². The summed E-state index contributed by atoms with van der Waals surface area (Å²) in [4.78, 5) is 0.367. The van der Waals surface area contributed by atoms with Crippen LogP contribution in [0.3, 0.4) is 0 Å². The molecule has 2 atom stereocenters. The van der Waals surface area contributed by atoms with Crippen molar-refractivity contribution < 1.29 is 8.42 Å². The number of aryl methyl sites for hydroxylation is 1. The van der Waals surface area contributed by atoms with Crippen molar-refractivity contribution in [3.63, 3.8) is 0 Å². The maximum Gasteiger partial charge on any atom is 0.243 e. The van der Waals surface area contributed by atoms with Crippen LogP contribution in [0.2, 0.25) is 0 Å². The van der Waals surface area contributed by atoms with Crippen molar-refractivity contribution >= 4 is 20.8 Å². The first kappa shape index (κ1) is 14.4. The lowest BCUT2D eigenvalue weighted by atomic mass is 10.0. The molecule has 4 heteroatoms. The highest BCUT2D eigenvalue weighted by atomic mass is 32.2. The summed E-state index contributed by atoms with van der Waals surface area (Å²) < 4.78 is 27.1. The Morgan fingerprint density at radius 3 is 2.39 bits per heavy atom. The van der Waals surface area contributed by atoms with Crippen LogP contribution < -0.4 is 0 Å². The monoisotopic (exact) mass is 323 g/mol. The minimum atomic E-state index is -3.42. The molecule has 1 saturated heterocycles. The Hall–Kier alpha value is -2.17. The Morgan fingerprint density at radius 2 is 1.61 bits per heavy atom. The molecule has 1 heterocycles. The zero-order chi connectivity index (χ0) is 16.0. The lowest BCUT2D eigenvalue weighted by molar-refractivity contribution is 0.554. The van der Waals surface area contributed by atoms with Crippen molar-refractivity contribution in [2.75, 3.05) is 6.54 Å². The number of sulfonamides is 1. The topological polar surface area (TPSA) is 37.1 Å². The molecular formula is C19H17NO2S. The van der Waals surface area contributed by atoms with E-state index in [0.29, 0.717) is 11.4 Å². The first-order valence-corrected chi connectivity index (χ1v) is 9.07. The molecule has 0 aliphatic carbocycles. The molecule has 1 fully saturated rings. The van der Waals surface area contributed by atoms with Gasteiger partial charge in [-0.3, -0.25) is 0 Å². The van der Waals surface area contributed by atoms with Gasteiger partial charge in [0.2, 0.25) is 10.0 Å². The van der Waals surface area contributed by atoms with Gasteiger partial charge in [-0.25, -0.2) is 8.42 Å². The van der Waals surface area contributed by atoms with Crippen LogP contribution in [-0.2, 0) is 10.0 Å². The van der Waals surface area contributed by atoms with Gasteiger partial charge >= 0.3 is 0 Å². The Labute approximate surface area is 136 Å². The molecule has 3 nitrogen and oxygen atoms in total. The number of nitrogens with zero attached hydrogens (tertiary/aromatic N) is 1. The number of fused-ring (bicyclic) bond motifs is 1. The second-order valence-corrected chi connectivity index (χ2v) is 7.86. The second kappa shape index (κ2) is 5.18. The molecule has 0 saturated carbocycles. The highest BCUT2D eigenvalue weighted by Gasteiger charge is 2.46. The minimum absolute atomic E-state index is 0.0626. The van der Waals surface area contributed by atoms with Gasteiger partial charge in [0.05, 0.1) is 10.9 Å². The summed E-state index contributed by atoms with van der Waals surface area (Å²) in [6.07, 6.45) is 0. The van der Waals surface area contributed by atoms with Crippen LogP contribution in [0.25, 0.3) is 10.8 Å². The molecule has 0 spiro atoms. The van der Waals surface area contributed by atoms with Gasteiger partial charge in [-0.2, -0.15) is 4.31 Å². The van der Waals surface area contributed by atoms with Gasteiger partial charge in [0.1, 0.15) is 0 Å². The number of rotatable bonds is 3. The SMILES string of the molecule is Cc1ccc(S(=O)(=O)N2CC2c2cccc3ccccc23)cc1. The van der Waals surface area contributed by atoms with E-state index in [1.807, 2.05) is 43.3 Å². The molecule has 0 amide bonds. The van der Waals surface area contributed by atoms with E-state index < -0.39 is 10.0 Å². The maximum absolute atomic E-state index is 12.8. The average molecular weight is 323 g/mol. The molecular weight excluding hydrogens is 306 g/mol. The summed E-state index contributed by atoms with van der Waals surface area (Å²) in [5.41, 5.74) is 2.14. The number of hydrogen-bond acceptors (Lipinski definition) is 2. The largest absolute Gasteiger partial charge is 0.243 e. The van der Waals surface area contributed by atoms with Gasteiger partial charge in [0, 0.05) is 6.54 Å². The summed E-state index contributed by atoms with van der Waals surface area (Å²) >= 11 is 0. The van der Waals surface area contributed by atoms with Crippen LogP contribution >= 0.6 is 0 Å². The van der Waals surface area contributed by atoms with E-state index in [4.69, 9.17) is 0 Å². The molecule has 0 N–H and O–H groups in total. The van der Waals surface area contributed by atoms with Crippen molar-refractivity contribution in [2.45, 2.75) is 17.9 Å². The summed E-state index contributed by atoms with van der Waals surface area (Å²) in [6.45, 7) is 2.50. The van der Waals surface area contributed by atoms with Crippen molar-refractivity contribution in [3.8, 4) is 0 Å². The van der Waals surface area contributed by atoms with E-state index >= 15 is 0 Å². The zero-order valence-electron chi connectivity index (χ0n) is 12.8. The van der Waals surface area contributed by atoms with Crippen molar-refractivity contribution in [3.05, 3.63) is 77.9 Å². The molecule has 0 radical (unpaired) electrons. The van der Waals surface area contributed by atoms with Crippen LogP contribution in [0.15, 0.2) is 71.6 Å². The van der Waals surface area contributed by atoms with Crippen LogP contribution in [0.1, 0.15) is 17.2 Å². The Bertz CT molecular complexity index is 972.